The molecule has 0 aromatic carbocycles. The Kier molecular flexibility index (Phi) is 9.88. The average molecular weight is 474 g/mol. The number of rotatable bonds is 11. The monoisotopic (exact) mass is 474 g/mol. The van der Waals surface area contributed by atoms with Crippen LogP contribution < -0.4 is 0 Å². The van der Waals surface area contributed by atoms with E-state index in [1.807, 2.05) is 0 Å². The van der Waals surface area contributed by atoms with Gasteiger partial charge >= 0.3 is 23.5 Å². The van der Waals surface area contributed by atoms with Crippen molar-refractivity contribution in [2.75, 3.05) is 6.61 Å². The van der Waals surface area contributed by atoms with Crippen LogP contribution in [0.5, 0.6) is 0 Å². The van der Waals surface area contributed by atoms with Crippen molar-refractivity contribution in [3.8, 4) is 0 Å². The van der Waals surface area contributed by atoms with E-state index >= 15 is 0 Å². The first-order chi connectivity index (χ1) is 11.7. The summed E-state index contributed by atoms with van der Waals surface area (Å²) < 4.78 is 68.2. The zero-order chi connectivity index (χ0) is 20.2. The van der Waals surface area contributed by atoms with Gasteiger partial charge in [0, 0.05) is 6.00 Å². The third-order valence-electron chi connectivity index (χ3n) is 2.46. The van der Waals surface area contributed by atoms with Crippen LogP contribution in [0.3, 0.4) is 0 Å². The standard InChI is InChI=1S/C6H12B2FO12P3S2/c7-5-1-3(19-6(9)25-26-8)4(18-5)2-17-23(13,14)21-24(15,16)20-22(10,11)12/h3-6H,1-2H2,(H,13,14)(H,15,16)(H2,10,11,12)/t3-,4?,5-,6+/m1/s1. The highest BCUT2D eigenvalue weighted by molar-refractivity contribution is 8.84. The third-order valence-corrected chi connectivity index (χ3v) is 7.42. The van der Waals surface area contributed by atoms with Crippen molar-refractivity contribution < 1.29 is 60.3 Å². The van der Waals surface area contributed by atoms with E-state index in [1.165, 1.54) is 0 Å². The van der Waals surface area contributed by atoms with Crippen LogP contribution in [-0.4, -0.2) is 65.1 Å². The molecule has 26 heavy (non-hydrogen) atoms. The Labute approximate surface area is 157 Å². The molecule has 6 atom stereocenters. The SMILES string of the molecule is [B]SS[C@@H](F)O[C@@H]1C[C@H]([B])OC1COP(=O)(O)OP(=O)(O)OP(=O)(O)O. The lowest BCUT2D eigenvalue weighted by Gasteiger charge is -2.22. The van der Waals surface area contributed by atoms with Gasteiger partial charge in [-0.3, -0.25) is 4.52 Å². The van der Waals surface area contributed by atoms with Crippen LogP contribution in [0.1, 0.15) is 6.42 Å². The Balaban J connectivity index is 2.62. The lowest BCUT2D eigenvalue weighted by molar-refractivity contribution is -0.0756. The summed E-state index contributed by atoms with van der Waals surface area (Å²) in [5.41, 5.74) is -1.86. The smallest absolute Gasteiger partial charge is 0.380 e. The predicted octanol–water partition coefficient (Wildman–Crippen LogP) is 0.716. The van der Waals surface area contributed by atoms with Crippen LogP contribution in [0.25, 0.3) is 0 Å². The normalized spacial score (nSPS) is 29.8. The number of phosphoric ester groups is 1. The van der Waals surface area contributed by atoms with Gasteiger partial charge in [0.25, 0.3) is 5.69 Å². The fraction of sp³-hybridized carbons (Fsp3) is 1.00. The van der Waals surface area contributed by atoms with E-state index in [9.17, 15) is 23.0 Å². The summed E-state index contributed by atoms with van der Waals surface area (Å²) in [4.78, 5) is 35.2. The van der Waals surface area contributed by atoms with Gasteiger partial charge in [0.2, 0.25) is 0 Å². The molecular weight excluding hydrogens is 462 g/mol. The molecule has 1 heterocycles. The average Bonchev–Trinajstić information content (AvgIpc) is 2.72. The van der Waals surface area contributed by atoms with Crippen molar-refractivity contribution in [1.82, 2.24) is 0 Å². The van der Waals surface area contributed by atoms with Crippen LogP contribution in [0.2, 0.25) is 0 Å². The second kappa shape index (κ2) is 10.2. The molecule has 4 radical (unpaired) electrons. The topological polar surface area (TPSA) is 178 Å². The minimum absolute atomic E-state index is 0.000638. The zero-order valence-electron chi connectivity index (χ0n) is 12.5. The molecule has 1 aliphatic rings. The largest absolute Gasteiger partial charge is 0.490 e. The molecule has 0 saturated carbocycles. The van der Waals surface area contributed by atoms with Gasteiger partial charge < -0.3 is 29.0 Å². The highest BCUT2D eigenvalue weighted by atomic mass is 33.1. The summed E-state index contributed by atoms with van der Waals surface area (Å²) in [5, 5.41) is 0. The first-order valence-corrected chi connectivity index (χ1v) is 13.0. The van der Waals surface area contributed by atoms with E-state index in [0.717, 1.165) is 0 Å². The minimum atomic E-state index is -5.63. The molecule has 1 rings (SSSR count). The molecule has 0 aliphatic carbocycles. The van der Waals surface area contributed by atoms with Gasteiger partial charge in [0.1, 0.15) is 14.0 Å². The molecule has 20 heteroatoms. The number of hydrogen-bond acceptors (Lipinski definition) is 10. The summed E-state index contributed by atoms with van der Waals surface area (Å²) >= 11 is 0. The lowest BCUT2D eigenvalue weighted by Crippen LogP contribution is -2.30. The zero-order valence-corrected chi connectivity index (χ0v) is 16.8. The first-order valence-electron chi connectivity index (χ1n) is 6.24. The van der Waals surface area contributed by atoms with Crippen LogP contribution in [0.4, 0.5) is 4.39 Å². The second-order valence-electron chi connectivity index (χ2n) is 4.48. The summed E-state index contributed by atoms with van der Waals surface area (Å²) in [5.74, 6) is 0. The Bertz CT molecular complexity index is 610. The van der Waals surface area contributed by atoms with Crippen LogP contribution >= 0.6 is 44.9 Å². The Hall–Kier alpha value is 1.09. The molecule has 0 aromatic rings. The van der Waals surface area contributed by atoms with Crippen molar-refractivity contribution in [3.05, 3.63) is 0 Å². The molecule has 4 N–H and O–H groups in total. The molecule has 1 aliphatic heterocycles. The minimum Gasteiger partial charge on any atom is -0.380 e. The third kappa shape index (κ3) is 10.0. The molecule has 0 bridgehead atoms. The quantitative estimate of drug-likeness (QED) is 0.143. The van der Waals surface area contributed by atoms with E-state index in [-0.39, 0.29) is 6.42 Å². The molecular formula is C6H12B2FO12P3S2. The first kappa shape index (κ1) is 25.1. The van der Waals surface area contributed by atoms with Gasteiger partial charge in [-0.05, 0) is 17.2 Å². The lowest BCUT2D eigenvalue weighted by atomic mass is 9.96. The maximum Gasteiger partial charge on any atom is 0.490 e. The van der Waals surface area contributed by atoms with Crippen LogP contribution in [0, 0.1) is 0 Å². The van der Waals surface area contributed by atoms with Crippen molar-refractivity contribution >= 4 is 59.9 Å². The van der Waals surface area contributed by atoms with Gasteiger partial charge in [-0.25, -0.2) is 18.1 Å². The Morgan fingerprint density at radius 1 is 1.19 bits per heavy atom. The van der Waals surface area contributed by atoms with E-state index < -0.39 is 54.0 Å². The van der Waals surface area contributed by atoms with Crippen molar-refractivity contribution in [2.24, 2.45) is 0 Å². The van der Waals surface area contributed by atoms with Crippen molar-refractivity contribution in [2.45, 2.75) is 30.3 Å². The maximum atomic E-state index is 13.4. The van der Waals surface area contributed by atoms with E-state index in [1.54, 1.807) is 0 Å². The molecule has 3 unspecified atom stereocenters. The Morgan fingerprint density at radius 2 is 1.81 bits per heavy atom. The molecule has 148 valence electrons. The maximum absolute atomic E-state index is 13.4. The van der Waals surface area contributed by atoms with E-state index in [4.69, 9.17) is 39.1 Å². The summed E-state index contributed by atoms with van der Waals surface area (Å²) in [6.07, 6.45) is -2.16. The summed E-state index contributed by atoms with van der Waals surface area (Å²) in [6, 6.07) is -0.905. The second-order valence-corrected chi connectivity index (χ2v) is 10.8. The van der Waals surface area contributed by atoms with Crippen molar-refractivity contribution in [3.63, 3.8) is 0 Å². The van der Waals surface area contributed by atoms with E-state index in [0.29, 0.717) is 21.4 Å². The highest BCUT2D eigenvalue weighted by Gasteiger charge is 2.42. The number of hydrogen-bond donors (Lipinski definition) is 4. The number of halogens is 1. The van der Waals surface area contributed by atoms with E-state index in [2.05, 4.69) is 13.1 Å². The van der Waals surface area contributed by atoms with Crippen LogP contribution in [-0.2, 0) is 36.3 Å². The van der Waals surface area contributed by atoms with Gasteiger partial charge in [-0.2, -0.15) is 19.3 Å². The molecule has 1 saturated heterocycles. The van der Waals surface area contributed by atoms with Gasteiger partial charge in [-0.1, -0.05) is 0 Å². The number of alkyl halides is 1. The molecule has 1 fully saturated rings. The molecule has 0 spiro atoms. The van der Waals surface area contributed by atoms with Crippen molar-refractivity contribution in [1.29, 1.82) is 0 Å². The molecule has 12 nitrogen and oxygen atoms in total. The summed E-state index contributed by atoms with van der Waals surface area (Å²) in [7, 11) is -4.76. The Morgan fingerprint density at radius 3 is 2.35 bits per heavy atom. The predicted molar refractivity (Wildman–Crippen MR) is 89.6 cm³/mol. The fourth-order valence-electron chi connectivity index (χ4n) is 1.71. The highest BCUT2D eigenvalue weighted by Crippen LogP contribution is 2.66. The number of ether oxygens (including phenoxy) is 2. The summed E-state index contributed by atoms with van der Waals surface area (Å²) in [6.45, 7) is -0.796. The molecule has 0 amide bonds. The molecule has 0 aromatic heterocycles. The van der Waals surface area contributed by atoms with Gasteiger partial charge in [0.15, 0.2) is 7.12 Å². The fourth-order valence-corrected chi connectivity index (χ4v) is 5.42. The van der Waals surface area contributed by atoms with Gasteiger partial charge in [-0.15, -0.1) is 0 Å². The van der Waals surface area contributed by atoms with Gasteiger partial charge in [0.05, 0.1) is 12.7 Å². The van der Waals surface area contributed by atoms with Crippen LogP contribution in [0.15, 0.2) is 0 Å². The number of phosphoric acid groups is 3.